The number of carbonyl (C=O) groups excluding carboxylic acids is 3. The first-order chi connectivity index (χ1) is 16.2. The number of carbonyl (C=O) groups is 4. The van der Waals surface area contributed by atoms with Crippen molar-refractivity contribution < 1.29 is 24.3 Å². The zero-order valence-electron chi connectivity index (χ0n) is 19.9. The maximum absolute atomic E-state index is 13.3. The molecule has 1 heterocycles. The molecule has 9 heteroatoms. The van der Waals surface area contributed by atoms with E-state index in [1.54, 1.807) is 4.90 Å². The predicted molar refractivity (Wildman–Crippen MR) is 131 cm³/mol. The standard InChI is InChI=1S/C24H32N4O3.CH2O2/c1-4-18(25)22(29)27-21(15(2)3)24(31)28-14-8-13-20(28)23(30)26-19-12-7-10-16-9-5-6-11-17(16)19;2-1-3/h5-7,9-12,15,18,20-21H,4,8,13-14,25H2,1-3H3,(H,26,30)(H,27,29);1H,(H,2,3)/t18-,20-,21-;/m0./s1. The van der Waals surface area contributed by atoms with Crippen LogP contribution >= 0.6 is 0 Å². The summed E-state index contributed by atoms with van der Waals surface area (Å²) in [4.78, 5) is 48.7. The van der Waals surface area contributed by atoms with Crippen molar-refractivity contribution in [2.45, 2.75) is 58.2 Å². The number of likely N-dealkylation sites (tertiary alicyclic amines) is 1. The fourth-order valence-corrected chi connectivity index (χ4v) is 3.99. The van der Waals surface area contributed by atoms with Crippen LogP contribution in [0.4, 0.5) is 5.69 Å². The summed E-state index contributed by atoms with van der Waals surface area (Å²) in [6.07, 6.45) is 1.83. The van der Waals surface area contributed by atoms with Gasteiger partial charge in [0, 0.05) is 17.6 Å². The largest absolute Gasteiger partial charge is 0.483 e. The van der Waals surface area contributed by atoms with Crippen molar-refractivity contribution in [2.24, 2.45) is 11.7 Å². The van der Waals surface area contributed by atoms with Gasteiger partial charge in [0.1, 0.15) is 12.1 Å². The molecular formula is C25H34N4O5. The number of hydrogen-bond donors (Lipinski definition) is 4. The summed E-state index contributed by atoms with van der Waals surface area (Å²) >= 11 is 0. The number of hydrogen-bond acceptors (Lipinski definition) is 5. The average Bonchev–Trinajstić information content (AvgIpc) is 3.32. The zero-order chi connectivity index (χ0) is 25.3. The number of benzene rings is 2. The Morgan fingerprint density at radius 2 is 1.82 bits per heavy atom. The highest BCUT2D eigenvalue weighted by Crippen LogP contribution is 2.26. The van der Waals surface area contributed by atoms with Crippen LogP contribution in [0.2, 0.25) is 0 Å². The lowest BCUT2D eigenvalue weighted by molar-refractivity contribution is -0.141. The minimum atomic E-state index is -0.712. The molecule has 1 aliphatic heterocycles. The Morgan fingerprint density at radius 1 is 1.18 bits per heavy atom. The predicted octanol–water partition coefficient (Wildman–Crippen LogP) is 2.35. The van der Waals surface area contributed by atoms with Crippen LogP contribution in [-0.4, -0.2) is 58.9 Å². The Labute approximate surface area is 199 Å². The molecule has 0 spiro atoms. The quantitative estimate of drug-likeness (QED) is 0.458. The molecule has 0 saturated carbocycles. The normalized spacial score (nSPS) is 16.9. The van der Waals surface area contributed by atoms with Crippen molar-refractivity contribution in [1.29, 1.82) is 0 Å². The van der Waals surface area contributed by atoms with Gasteiger partial charge in [-0.3, -0.25) is 19.2 Å². The van der Waals surface area contributed by atoms with Gasteiger partial charge in [-0.2, -0.15) is 0 Å². The highest BCUT2D eigenvalue weighted by Gasteiger charge is 2.39. The lowest BCUT2D eigenvalue weighted by atomic mass is 10.0. The molecule has 2 aromatic rings. The highest BCUT2D eigenvalue weighted by atomic mass is 16.3. The van der Waals surface area contributed by atoms with Crippen molar-refractivity contribution in [3.8, 4) is 0 Å². The third kappa shape index (κ3) is 6.54. The third-order valence-electron chi connectivity index (χ3n) is 5.89. The molecule has 184 valence electrons. The Bertz CT molecular complexity index is 1000. The summed E-state index contributed by atoms with van der Waals surface area (Å²) in [6, 6.07) is 11.7. The van der Waals surface area contributed by atoms with Gasteiger partial charge in [-0.05, 0) is 36.6 Å². The summed E-state index contributed by atoms with van der Waals surface area (Å²) in [5.74, 6) is -0.906. The van der Waals surface area contributed by atoms with Crippen molar-refractivity contribution in [3.63, 3.8) is 0 Å². The van der Waals surface area contributed by atoms with E-state index in [-0.39, 0.29) is 30.1 Å². The van der Waals surface area contributed by atoms with E-state index in [1.165, 1.54) is 0 Å². The van der Waals surface area contributed by atoms with Crippen LogP contribution in [0.15, 0.2) is 42.5 Å². The van der Waals surface area contributed by atoms with Crippen LogP contribution in [0.5, 0.6) is 0 Å². The van der Waals surface area contributed by atoms with E-state index in [2.05, 4.69) is 10.6 Å². The molecule has 0 unspecified atom stereocenters. The number of amides is 3. The van der Waals surface area contributed by atoms with E-state index in [9.17, 15) is 14.4 Å². The van der Waals surface area contributed by atoms with Crippen molar-refractivity contribution in [2.75, 3.05) is 11.9 Å². The number of anilines is 1. The van der Waals surface area contributed by atoms with E-state index in [4.69, 9.17) is 15.6 Å². The Kier molecular flexibility index (Phi) is 10.0. The first-order valence-electron chi connectivity index (χ1n) is 11.5. The Hall–Kier alpha value is -3.46. The summed E-state index contributed by atoms with van der Waals surface area (Å²) in [5.41, 5.74) is 6.55. The van der Waals surface area contributed by atoms with Gasteiger partial charge in [-0.15, -0.1) is 0 Å². The fourth-order valence-electron chi connectivity index (χ4n) is 3.99. The fraction of sp³-hybridized carbons (Fsp3) is 0.440. The maximum atomic E-state index is 13.3. The molecule has 0 aromatic heterocycles. The smallest absolute Gasteiger partial charge is 0.290 e. The minimum Gasteiger partial charge on any atom is -0.483 e. The molecule has 1 fully saturated rings. The van der Waals surface area contributed by atoms with Gasteiger partial charge in [0.25, 0.3) is 6.47 Å². The molecule has 2 aromatic carbocycles. The van der Waals surface area contributed by atoms with Crippen LogP contribution in [0, 0.1) is 5.92 Å². The SMILES string of the molecule is CC[C@H](N)C(=O)N[C@H](C(=O)N1CCC[C@H]1C(=O)Nc1cccc2ccccc12)C(C)C.O=CO. The maximum Gasteiger partial charge on any atom is 0.290 e. The monoisotopic (exact) mass is 470 g/mol. The number of nitrogens with one attached hydrogen (secondary N) is 2. The summed E-state index contributed by atoms with van der Waals surface area (Å²) in [5, 5.41) is 14.7. The molecule has 0 aliphatic carbocycles. The van der Waals surface area contributed by atoms with Crippen LogP contribution in [0.25, 0.3) is 10.8 Å². The summed E-state index contributed by atoms with van der Waals surface area (Å²) in [7, 11) is 0. The van der Waals surface area contributed by atoms with Gasteiger partial charge in [0.2, 0.25) is 17.7 Å². The Balaban J connectivity index is 0.00000129. The molecular weight excluding hydrogens is 436 g/mol. The van der Waals surface area contributed by atoms with E-state index in [0.29, 0.717) is 19.4 Å². The number of carboxylic acid groups (broad SMARTS) is 1. The second kappa shape index (κ2) is 12.7. The average molecular weight is 471 g/mol. The molecule has 3 atom stereocenters. The van der Waals surface area contributed by atoms with Crippen molar-refractivity contribution in [1.82, 2.24) is 10.2 Å². The van der Waals surface area contributed by atoms with Gasteiger partial charge < -0.3 is 26.4 Å². The molecule has 0 radical (unpaired) electrons. The second-order valence-electron chi connectivity index (χ2n) is 8.56. The van der Waals surface area contributed by atoms with E-state index < -0.39 is 18.1 Å². The molecule has 5 N–H and O–H groups in total. The van der Waals surface area contributed by atoms with Gasteiger partial charge in [0.15, 0.2) is 0 Å². The minimum absolute atomic E-state index is 0.122. The molecule has 34 heavy (non-hydrogen) atoms. The molecule has 1 saturated heterocycles. The van der Waals surface area contributed by atoms with Crippen LogP contribution in [-0.2, 0) is 19.2 Å². The molecule has 1 aliphatic rings. The van der Waals surface area contributed by atoms with E-state index in [0.717, 1.165) is 22.9 Å². The van der Waals surface area contributed by atoms with E-state index >= 15 is 0 Å². The first-order valence-corrected chi connectivity index (χ1v) is 11.5. The number of nitrogens with two attached hydrogens (primary N) is 1. The van der Waals surface area contributed by atoms with Gasteiger partial charge in [-0.1, -0.05) is 57.2 Å². The topological polar surface area (TPSA) is 142 Å². The molecule has 3 rings (SSSR count). The third-order valence-corrected chi connectivity index (χ3v) is 5.89. The zero-order valence-corrected chi connectivity index (χ0v) is 19.9. The number of rotatable bonds is 7. The number of nitrogens with zero attached hydrogens (tertiary/aromatic N) is 1. The summed E-state index contributed by atoms with van der Waals surface area (Å²) in [6.45, 7) is 5.82. The van der Waals surface area contributed by atoms with E-state index in [1.807, 2.05) is 63.2 Å². The lowest BCUT2D eigenvalue weighted by Crippen LogP contribution is -2.56. The van der Waals surface area contributed by atoms with Crippen molar-refractivity contribution in [3.05, 3.63) is 42.5 Å². The van der Waals surface area contributed by atoms with Gasteiger partial charge in [0.05, 0.1) is 6.04 Å². The van der Waals surface area contributed by atoms with Gasteiger partial charge in [-0.25, -0.2) is 0 Å². The highest BCUT2D eigenvalue weighted by molar-refractivity contribution is 6.05. The number of fused-ring (bicyclic) bond motifs is 1. The van der Waals surface area contributed by atoms with Crippen LogP contribution in [0.3, 0.4) is 0 Å². The first kappa shape index (κ1) is 26.8. The second-order valence-corrected chi connectivity index (χ2v) is 8.56. The molecule has 0 bridgehead atoms. The van der Waals surface area contributed by atoms with Crippen LogP contribution < -0.4 is 16.4 Å². The molecule has 9 nitrogen and oxygen atoms in total. The summed E-state index contributed by atoms with van der Waals surface area (Å²) < 4.78 is 0. The Morgan fingerprint density at radius 3 is 2.47 bits per heavy atom. The molecule has 3 amide bonds. The lowest BCUT2D eigenvalue weighted by Gasteiger charge is -2.31. The van der Waals surface area contributed by atoms with Gasteiger partial charge >= 0.3 is 0 Å². The van der Waals surface area contributed by atoms with Crippen molar-refractivity contribution >= 4 is 40.7 Å². The van der Waals surface area contributed by atoms with Crippen LogP contribution in [0.1, 0.15) is 40.0 Å².